The molecule has 180 valence electrons. The van der Waals surface area contributed by atoms with Crippen LogP contribution >= 0.6 is 7.92 Å². The van der Waals surface area contributed by atoms with Gasteiger partial charge < -0.3 is 9.47 Å². The Hall–Kier alpha value is -4.13. The van der Waals surface area contributed by atoms with Crippen molar-refractivity contribution >= 4 is 45.4 Å². The van der Waals surface area contributed by atoms with Crippen LogP contribution in [0.3, 0.4) is 0 Å². The minimum Gasteiger partial charge on any atom is -0.496 e. The van der Waals surface area contributed by atoms with E-state index < -0.39 is 7.92 Å². The third-order valence-electron chi connectivity index (χ3n) is 6.83. The van der Waals surface area contributed by atoms with Gasteiger partial charge >= 0.3 is 0 Å². The Morgan fingerprint density at radius 2 is 0.919 bits per heavy atom. The highest BCUT2D eigenvalue weighted by atomic mass is 31.1. The quantitative estimate of drug-likeness (QED) is 0.222. The predicted octanol–water partition coefficient (Wildman–Crippen LogP) is 7.44. The Labute approximate surface area is 218 Å². The van der Waals surface area contributed by atoms with Crippen molar-refractivity contribution in [2.24, 2.45) is 0 Å². The number of hydrogen-bond donors (Lipinski definition) is 0. The van der Waals surface area contributed by atoms with E-state index in [1.165, 1.54) is 26.7 Å². The van der Waals surface area contributed by atoms with Gasteiger partial charge in [0.15, 0.2) is 0 Å². The van der Waals surface area contributed by atoms with Crippen molar-refractivity contribution < 1.29 is 9.47 Å². The van der Waals surface area contributed by atoms with E-state index in [0.717, 1.165) is 33.4 Å². The molecule has 3 heteroatoms. The molecule has 0 aliphatic carbocycles. The summed E-state index contributed by atoms with van der Waals surface area (Å²) in [5, 5.41) is 8.60. The average Bonchev–Trinajstić information content (AvgIpc) is 2.97. The molecule has 0 atom stereocenters. The molecule has 0 aliphatic heterocycles. The Bertz CT molecular complexity index is 1650. The fraction of sp³-hybridized carbons (Fsp3) is 0.0588. The SMILES string of the molecule is COc1ccc2ccccc2c1-c1c(OC)ccc2ccc(P(c3ccccc3)c3ccccc3)cc12. The number of methoxy groups -OCH3 is 2. The molecule has 0 spiro atoms. The van der Waals surface area contributed by atoms with Gasteiger partial charge in [0, 0.05) is 11.1 Å². The van der Waals surface area contributed by atoms with Gasteiger partial charge in [-0.25, -0.2) is 0 Å². The average molecular weight is 499 g/mol. The Morgan fingerprint density at radius 3 is 1.51 bits per heavy atom. The van der Waals surface area contributed by atoms with E-state index in [-0.39, 0.29) is 0 Å². The van der Waals surface area contributed by atoms with Crippen molar-refractivity contribution in [2.45, 2.75) is 0 Å². The Balaban J connectivity index is 1.67. The molecule has 0 saturated heterocycles. The molecule has 0 radical (unpaired) electrons. The summed E-state index contributed by atoms with van der Waals surface area (Å²) in [6.07, 6.45) is 0. The van der Waals surface area contributed by atoms with Gasteiger partial charge in [0.1, 0.15) is 11.5 Å². The highest BCUT2D eigenvalue weighted by Crippen LogP contribution is 2.46. The van der Waals surface area contributed by atoms with Crippen LogP contribution < -0.4 is 25.4 Å². The third kappa shape index (κ3) is 4.24. The molecule has 0 bridgehead atoms. The summed E-state index contributed by atoms with van der Waals surface area (Å²) < 4.78 is 11.9. The number of fused-ring (bicyclic) bond motifs is 2. The lowest BCUT2D eigenvalue weighted by Gasteiger charge is -2.22. The van der Waals surface area contributed by atoms with E-state index in [1.54, 1.807) is 14.2 Å². The summed E-state index contributed by atoms with van der Waals surface area (Å²) in [5.74, 6) is 1.67. The molecule has 0 amide bonds. The van der Waals surface area contributed by atoms with E-state index in [4.69, 9.17) is 9.47 Å². The van der Waals surface area contributed by atoms with Crippen molar-refractivity contribution in [2.75, 3.05) is 14.2 Å². The first-order chi connectivity index (χ1) is 18.3. The summed E-state index contributed by atoms with van der Waals surface area (Å²) in [7, 11) is 2.75. The molecule has 0 N–H and O–H groups in total. The largest absolute Gasteiger partial charge is 0.496 e. The van der Waals surface area contributed by atoms with Gasteiger partial charge in [-0.3, -0.25) is 0 Å². The first-order valence-corrected chi connectivity index (χ1v) is 13.7. The first kappa shape index (κ1) is 23.3. The molecule has 2 nitrogen and oxygen atoms in total. The Kier molecular flexibility index (Phi) is 6.35. The van der Waals surface area contributed by atoms with E-state index in [0.29, 0.717) is 0 Å². The number of hydrogen-bond acceptors (Lipinski definition) is 2. The van der Waals surface area contributed by atoms with Gasteiger partial charge in [0.25, 0.3) is 0 Å². The van der Waals surface area contributed by atoms with Crippen molar-refractivity contribution in [1.82, 2.24) is 0 Å². The van der Waals surface area contributed by atoms with Crippen LogP contribution in [0.15, 0.2) is 127 Å². The maximum absolute atomic E-state index is 5.98. The van der Waals surface area contributed by atoms with E-state index in [9.17, 15) is 0 Å². The lowest BCUT2D eigenvalue weighted by atomic mass is 9.92. The smallest absolute Gasteiger partial charge is 0.127 e. The highest BCUT2D eigenvalue weighted by Gasteiger charge is 2.21. The standard InChI is InChI=1S/C34H27O2P/c1-35-31-21-18-24-11-9-10-16-29(24)33(31)34-30-23-28(20-17-25(30)19-22-32(34)36-2)37(26-12-5-3-6-13-26)27-14-7-4-8-15-27/h3-23H,1-2H3. The van der Waals surface area contributed by atoms with E-state index >= 15 is 0 Å². The van der Waals surface area contributed by atoms with Crippen LogP contribution in [0.4, 0.5) is 0 Å². The van der Waals surface area contributed by atoms with Gasteiger partial charge in [-0.1, -0.05) is 109 Å². The minimum atomic E-state index is -0.732. The third-order valence-corrected chi connectivity index (χ3v) is 9.26. The van der Waals surface area contributed by atoms with Gasteiger partial charge in [-0.05, 0) is 63.6 Å². The van der Waals surface area contributed by atoms with Crippen LogP contribution in [-0.2, 0) is 0 Å². The van der Waals surface area contributed by atoms with Crippen molar-refractivity contribution in [3.63, 3.8) is 0 Å². The topological polar surface area (TPSA) is 18.5 Å². The normalized spacial score (nSPS) is 11.2. The lowest BCUT2D eigenvalue weighted by molar-refractivity contribution is 0.411. The maximum atomic E-state index is 5.98. The predicted molar refractivity (Wildman–Crippen MR) is 159 cm³/mol. The monoisotopic (exact) mass is 498 g/mol. The minimum absolute atomic E-state index is 0.732. The molecular weight excluding hydrogens is 471 g/mol. The zero-order valence-electron chi connectivity index (χ0n) is 20.9. The van der Waals surface area contributed by atoms with Crippen LogP contribution in [-0.4, -0.2) is 14.2 Å². The van der Waals surface area contributed by atoms with E-state index in [2.05, 4.69) is 127 Å². The van der Waals surface area contributed by atoms with Crippen LogP contribution in [0, 0.1) is 0 Å². The zero-order chi connectivity index (χ0) is 25.2. The van der Waals surface area contributed by atoms with Crippen LogP contribution in [0.5, 0.6) is 11.5 Å². The molecule has 0 unspecified atom stereocenters. The van der Waals surface area contributed by atoms with Crippen molar-refractivity contribution in [3.05, 3.63) is 127 Å². The molecule has 37 heavy (non-hydrogen) atoms. The van der Waals surface area contributed by atoms with Gasteiger partial charge in [-0.2, -0.15) is 0 Å². The molecular formula is C34H27O2P. The molecule has 0 aromatic heterocycles. The maximum Gasteiger partial charge on any atom is 0.127 e. The fourth-order valence-corrected chi connectivity index (χ4v) is 7.45. The molecule has 0 fully saturated rings. The van der Waals surface area contributed by atoms with E-state index in [1.807, 2.05) is 0 Å². The molecule has 0 aliphatic rings. The molecule has 6 aromatic carbocycles. The van der Waals surface area contributed by atoms with Crippen LogP contribution in [0.25, 0.3) is 32.7 Å². The zero-order valence-corrected chi connectivity index (χ0v) is 21.8. The fourth-order valence-electron chi connectivity index (χ4n) is 5.14. The summed E-state index contributed by atoms with van der Waals surface area (Å²) >= 11 is 0. The second-order valence-electron chi connectivity index (χ2n) is 8.92. The van der Waals surface area contributed by atoms with Crippen molar-refractivity contribution in [1.29, 1.82) is 0 Å². The van der Waals surface area contributed by atoms with Gasteiger partial charge in [0.2, 0.25) is 0 Å². The number of rotatable bonds is 6. The summed E-state index contributed by atoms with van der Waals surface area (Å²) in [5.41, 5.74) is 2.12. The van der Waals surface area contributed by atoms with Gasteiger partial charge in [0.05, 0.1) is 14.2 Å². The summed E-state index contributed by atoms with van der Waals surface area (Å²) in [6, 6.07) is 45.4. The number of benzene rings is 6. The molecule has 0 heterocycles. The number of ether oxygens (including phenoxy) is 2. The second-order valence-corrected chi connectivity index (χ2v) is 11.1. The molecule has 6 rings (SSSR count). The first-order valence-electron chi connectivity index (χ1n) is 12.4. The van der Waals surface area contributed by atoms with Gasteiger partial charge in [-0.15, -0.1) is 0 Å². The molecule has 0 saturated carbocycles. The summed E-state index contributed by atoms with van der Waals surface area (Å²) in [4.78, 5) is 0. The summed E-state index contributed by atoms with van der Waals surface area (Å²) in [6.45, 7) is 0. The Morgan fingerprint density at radius 1 is 0.432 bits per heavy atom. The lowest BCUT2D eigenvalue weighted by Crippen LogP contribution is -2.20. The van der Waals surface area contributed by atoms with Crippen molar-refractivity contribution in [3.8, 4) is 22.6 Å². The van der Waals surface area contributed by atoms with Crippen LogP contribution in [0.2, 0.25) is 0 Å². The van der Waals surface area contributed by atoms with Crippen LogP contribution in [0.1, 0.15) is 0 Å². The second kappa shape index (κ2) is 10.1. The highest BCUT2D eigenvalue weighted by molar-refractivity contribution is 7.79. The molecule has 6 aromatic rings.